The van der Waals surface area contributed by atoms with E-state index in [0.717, 1.165) is 17.5 Å². The molecule has 0 aliphatic carbocycles. The second-order valence-electron chi connectivity index (χ2n) is 7.56. The number of halogens is 1. The number of rotatable bonds is 8. The molecule has 1 aliphatic heterocycles. The first kappa shape index (κ1) is 26.1. The number of guanidine groups is 1. The number of hydrogen-bond donors (Lipinski definition) is 2. The second kappa shape index (κ2) is 12.7. The van der Waals surface area contributed by atoms with E-state index in [1.807, 2.05) is 20.8 Å². The van der Waals surface area contributed by atoms with E-state index in [9.17, 15) is 4.79 Å². The van der Waals surface area contributed by atoms with Gasteiger partial charge in [0.25, 0.3) is 0 Å². The number of ether oxygens (including phenoxy) is 1. The molecule has 1 fully saturated rings. The molecular formula is C20H36IN5O2S. The van der Waals surface area contributed by atoms with Crippen LogP contribution >= 0.6 is 35.3 Å². The van der Waals surface area contributed by atoms with Crippen molar-refractivity contribution in [1.82, 2.24) is 20.5 Å². The van der Waals surface area contributed by atoms with Crippen LogP contribution in [0.25, 0.3) is 0 Å². The molecule has 2 N–H and O–H groups in total. The zero-order chi connectivity index (χ0) is 20.7. The van der Waals surface area contributed by atoms with E-state index >= 15 is 0 Å². The average Bonchev–Trinajstić information content (AvgIpc) is 3.30. The summed E-state index contributed by atoms with van der Waals surface area (Å²) in [5, 5.41) is 7.72. The second-order valence-corrected chi connectivity index (χ2v) is 8.59. The number of esters is 1. The molecule has 2 unspecified atom stereocenters. The highest BCUT2D eigenvalue weighted by Crippen LogP contribution is 2.24. The molecule has 7 nitrogen and oxygen atoms in total. The van der Waals surface area contributed by atoms with Crippen molar-refractivity contribution in [2.24, 2.45) is 10.9 Å². The molecule has 29 heavy (non-hydrogen) atoms. The van der Waals surface area contributed by atoms with Crippen LogP contribution in [0.15, 0.2) is 4.99 Å². The Morgan fingerprint density at radius 2 is 1.97 bits per heavy atom. The van der Waals surface area contributed by atoms with Crippen molar-refractivity contribution in [3.05, 3.63) is 15.6 Å². The fraction of sp³-hybridized carbons (Fsp3) is 0.750. The summed E-state index contributed by atoms with van der Waals surface area (Å²) in [5.74, 6) is 1.03. The fourth-order valence-electron chi connectivity index (χ4n) is 3.51. The normalized spacial score (nSPS) is 17.0. The highest BCUT2D eigenvalue weighted by molar-refractivity contribution is 14.0. The number of hydrogen-bond acceptors (Lipinski definition) is 6. The smallest absolute Gasteiger partial charge is 0.350 e. The molecule has 0 radical (unpaired) electrons. The lowest BCUT2D eigenvalue weighted by molar-refractivity contribution is 0.0531. The number of nitrogens with zero attached hydrogens (tertiary/aromatic N) is 3. The van der Waals surface area contributed by atoms with Gasteiger partial charge in [0.2, 0.25) is 0 Å². The third kappa shape index (κ3) is 7.36. The van der Waals surface area contributed by atoms with E-state index in [2.05, 4.69) is 39.4 Å². The molecule has 2 atom stereocenters. The van der Waals surface area contributed by atoms with Crippen LogP contribution in [0.1, 0.15) is 67.0 Å². The molecule has 9 heteroatoms. The number of thiazole rings is 1. The third-order valence-electron chi connectivity index (χ3n) is 5.08. The van der Waals surface area contributed by atoms with Gasteiger partial charge < -0.3 is 15.4 Å². The van der Waals surface area contributed by atoms with Crippen molar-refractivity contribution in [3.8, 4) is 0 Å². The summed E-state index contributed by atoms with van der Waals surface area (Å²) in [6, 6.07) is 0.441. The molecule has 1 aromatic heterocycles. The maximum absolute atomic E-state index is 12.0. The molecule has 0 spiro atoms. The van der Waals surface area contributed by atoms with E-state index in [-0.39, 0.29) is 36.0 Å². The highest BCUT2D eigenvalue weighted by Gasteiger charge is 2.25. The largest absolute Gasteiger partial charge is 0.462 e. The summed E-state index contributed by atoms with van der Waals surface area (Å²) in [6.45, 7) is 13.8. The summed E-state index contributed by atoms with van der Waals surface area (Å²) < 4.78 is 5.11. The van der Waals surface area contributed by atoms with Crippen LogP contribution in [0, 0.1) is 12.8 Å². The van der Waals surface area contributed by atoms with Gasteiger partial charge in [0, 0.05) is 19.6 Å². The molecule has 1 saturated heterocycles. The Bertz CT molecular complexity index is 674. The van der Waals surface area contributed by atoms with Gasteiger partial charge >= 0.3 is 5.97 Å². The van der Waals surface area contributed by atoms with E-state index in [1.165, 1.54) is 37.3 Å². The van der Waals surface area contributed by atoms with E-state index in [0.29, 0.717) is 29.1 Å². The molecule has 2 rings (SSSR count). The molecule has 1 aliphatic rings. The fourth-order valence-corrected chi connectivity index (χ4v) is 4.47. The Kier molecular flexibility index (Phi) is 11.4. The lowest BCUT2D eigenvalue weighted by Crippen LogP contribution is -2.48. The first-order valence-electron chi connectivity index (χ1n) is 10.2. The standard InChI is InChI=1S/C20H35N5O2S.HI/c1-7-27-19(26)17-14(4)23-18(28-17)15(5)24-20(21-6)22-12-16(13(2)3)25-10-8-9-11-25;/h13,15-16H,7-12H2,1-6H3,(H2,21,22,24);1H. The molecule has 2 heterocycles. The number of aromatic nitrogens is 1. The lowest BCUT2D eigenvalue weighted by atomic mass is 10.0. The monoisotopic (exact) mass is 537 g/mol. The molecule has 0 aromatic carbocycles. The van der Waals surface area contributed by atoms with Gasteiger partial charge in [-0.05, 0) is 52.6 Å². The highest BCUT2D eigenvalue weighted by atomic mass is 127. The van der Waals surface area contributed by atoms with Gasteiger partial charge in [0.1, 0.15) is 9.88 Å². The van der Waals surface area contributed by atoms with E-state index < -0.39 is 0 Å². The van der Waals surface area contributed by atoms with Crippen molar-refractivity contribution < 1.29 is 9.53 Å². The Morgan fingerprint density at radius 3 is 2.52 bits per heavy atom. The predicted octanol–water partition coefficient (Wildman–Crippen LogP) is 3.59. The quantitative estimate of drug-likeness (QED) is 0.229. The van der Waals surface area contributed by atoms with Crippen LogP contribution < -0.4 is 10.6 Å². The number of aryl methyl sites for hydroxylation is 1. The number of aliphatic imine (C=N–C) groups is 1. The van der Waals surface area contributed by atoms with Gasteiger partial charge in [-0.3, -0.25) is 9.89 Å². The van der Waals surface area contributed by atoms with E-state index in [4.69, 9.17) is 4.74 Å². The van der Waals surface area contributed by atoms with Crippen LogP contribution in [0.2, 0.25) is 0 Å². The average molecular weight is 538 g/mol. The SMILES string of the molecule is CCOC(=O)c1sc(C(C)NC(=NC)NCC(C(C)C)N2CCCC2)nc1C.I. The summed E-state index contributed by atoms with van der Waals surface area (Å²) in [7, 11) is 1.78. The van der Waals surface area contributed by atoms with Crippen LogP contribution in [0.4, 0.5) is 0 Å². The molecule has 0 bridgehead atoms. The van der Waals surface area contributed by atoms with Gasteiger partial charge in [-0.2, -0.15) is 0 Å². The van der Waals surface area contributed by atoms with Crippen LogP contribution in [0.3, 0.4) is 0 Å². The first-order chi connectivity index (χ1) is 13.4. The van der Waals surface area contributed by atoms with Gasteiger partial charge in [-0.15, -0.1) is 35.3 Å². The molecule has 166 valence electrons. The molecule has 0 saturated carbocycles. The summed E-state index contributed by atoms with van der Waals surface area (Å²) in [4.78, 5) is 24.1. The Hall–Kier alpha value is -0.940. The van der Waals surface area contributed by atoms with Crippen LogP contribution in [-0.2, 0) is 4.74 Å². The van der Waals surface area contributed by atoms with Crippen molar-refractivity contribution in [1.29, 1.82) is 0 Å². The van der Waals surface area contributed by atoms with Gasteiger partial charge in [-0.1, -0.05) is 13.8 Å². The molecule has 1 aromatic rings. The van der Waals surface area contributed by atoms with Crippen molar-refractivity contribution >= 4 is 47.2 Å². The van der Waals surface area contributed by atoms with Gasteiger partial charge in [0.15, 0.2) is 5.96 Å². The van der Waals surface area contributed by atoms with Crippen molar-refractivity contribution in [2.75, 3.05) is 33.3 Å². The number of carbonyl (C=O) groups excluding carboxylic acids is 1. The number of likely N-dealkylation sites (tertiary alicyclic amines) is 1. The summed E-state index contributed by atoms with van der Waals surface area (Å²) in [6.07, 6.45) is 2.58. The third-order valence-corrected chi connectivity index (χ3v) is 6.40. The number of carbonyl (C=O) groups is 1. The summed E-state index contributed by atoms with van der Waals surface area (Å²) in [5.41, 5.74) is 0.712. The minimum atomic E-state index is -0.302. The molecular weight excluding hydrogens is 501 g/mol. The Morgan fingerprint density at radius 1 is 1.31 bits per heavy atom. The Labute approximate surface area is 196 Å². The summed E-state index contributed by atoms with van der Waals surface area (Å²) >= 11 is 1.38. The van der Waals surface area contributed by atoms with Gasteiger partial charge in [-0.25, -0.2) is 9.78 Å². The van der Waals surface area contributed by atoms with Crippen LogP contribution in [-0.4, -0.2) is 61.1 Å². The molecule has 0 amide bonds. The van der Waals surface area contributed by atoms with Gasteiger partial charge in [0.05, 0.1) is 18.3 Å². The first-order valence-corrected chi connectivity index (χ1v) is 11.0. The Balaban J connectivity index is 0.00000420. The van der Waals surface area contributed by atoms with Crippen LogP contribution in [0.5, 0.6) is 0 Å². The van der Waals surface area contributed by atoms with E-state index in [1.54, 1.807) is 7.05 Å². The topological polar surface area (TPSA) is 78.8 Å². The van der Waals surface area contributed by atoms with Crippen molar-refractivity contribution in [2.45, 2.75) is 59.5 Å². The number of nitrogens with one attached hydrogen (secondary N) is 2. The lowest BCUT2D eigenvalue weighted by Gasteiger charge is -2.31. The maximum Gasteiger partial charge on any atom is 0.350 e. The van der Waals surface area contributed by atoms with Crippen molar-refractivity contribution in [3.63, 3.8) is 0 Å². The zero-order valence-corrected chi connectivity index (χ0v) is 21.6. The predicted molar refractivity (Wildman–Crippen MR) is 131 cm³/mol. The minimum Gasteiger partial charge on any atom is -0.462 e. The minimum absolute atomic E-state index is 0. The zero-order valence-electron chi connectivity index (χ0n) is 18.4. The maximum atomic E-state index is 12.0.